The van der Waals surface area contributed by atoms with Gasteiger partial charge in [-0.15, -0.1) is 0 Å². The number of ether oxygens (including phenoxy) is 1. The van der Waals surface area contributed by atoms with Gasteiger partial charge in [-0.3, -0.25) is 9.09 Å². The Kier molecular flexibility index (Phi) is 7.51. The van der Waals surface area contributed by atoms with E-state index in [0.29, 0.717) is 0 Å². The summed E-state index contributed by atoms with van der Waals surface area (Å²) < 4.78 is 51.8. The Morgan fingerprint density at radius 1 is 1.17 bits per heavy atom. The van der Waals surface area contributed by atoms with Crippen molar-refractivity contribution in [1.82, 2.24) is 9.55 Å². The van der Waals surface area contributed by atoms with Gasteiger partial charge in [-0.05, 0) is 6.07 Å². The highest BCUT2D eigenvalue weighted by atomic mass is 32.7. The largest absolute Gasteiger partial charge is 0.488 e. The first-order valence-electron chi connectivity index (χ1n) is 7.25. The molecule has 2 rings (SSSR count). The van der Waals surface area contributed by atoms with Crippen LogP contribution in [0, 0.1) is 0 Å². The van der Waals surface area contributed by atoms with Crippen LogP contribution in [-0.2, 0) is 31.6 Å². The van der Waals surface area contributed by atoms with Crippen molar-refractivity contribution in [3.05, 3.63) is 22.7 Å². The van der Waals surface area contributed by atoms with Crippen LogP contribution in [0.1, 0.15) is 6.23 Å². The number of aliphatic hydroxyl groups excluding tert-OH is 2. The SMILES string of the molecule is Nc1ccn([C@@H]2O[C@H](COP(=O)(O)OP(=O)(O)OP(=O)(O)S)C(O)C2O)c(=O)n1. The quantitative estimate of drug-likeness (QED) is 0.163. The smallest absolute Gasteiger partial charge is 0.387 e. The van der Waals surface area contributed by atoms with Crippen molar-refractivity contribution in [2.45, 2.75) is 24.5 Å². The van der Waals surface area contributed by atoms with Crippen molar-refractivity contribution in [3.8, 4) is 0 Å². The molecule has 29 heavy (non-hydrogen) atoms. The summed E-state index contributed by atoms with van der Waals surface area (Å²) in [5, 5.41) is 20.0. The molecule has 2 heterocycles. The number of aromatic nitrogens is 2. The normalized spacial score (nSPS) is 31.0. The number of nitrogen functional groups attached to an aromatic ring is 1. The van der Waals surface area contributed by atoms with E-state index in [0.717, 1.165) is 10.8 Å². The molecule has 0 amide bonds. The third-order valence-corrected chi connectivity index (χ3v) is 7.74. The van der Waals surface area contributed by atoms with Gasteiger partial charge in [0.05, 0.1) is 6.61 Å². The standard InChI is InChI=1S/C9H16N3O13P3S/c10-5-1-2-12(9(15)11-5)8-7(14)6(13)4(23-8)3-22-26(16,17)24-27(18,19)25-28(20,21)29/h1-2,4,6-8,13-14H,3H2,(H,16,17)(H,18,19)(H2,10,11,15)(H2,20,21,29)/t4-,6?,7?,8-/m1/s1. The van der Waals surface area contributed by atoms with Crippen LogP contribution in [0.4, 0.5) is 5.82 Å². The molecule has 0 bridgehead atoms. The molecule has 1 aromatic heterocycles. The lowest BCUT2D eigenvalue weighted by molar-refractivity contribution is -0.0541. The molecule has 1 saturated heterocycles. The van der Waals surface area contributed by atoms with Crippen molar-refractivity contribution in [2.24, 2.45) is 0 Å². The third kappa shape index (κ3) is 6.94. The van der Waals surface area contributed by atoms with Gasteiger partial charge >= 0.3 is 28.1 Å². The summed E-state index contributed by atoms with van der Waals surface area (Å²) in [6.07, 6.45) is -5.26. The first-order chi connectivity index (χ1) is 13.1. The molecule has 7 atom stereocenters. The molecule has 0 saturated carbocycles. The van der Waals surface area contributed by atoms with Crippen LogP contribution in [0.25, 0.3) is 0 Å². The average Bonchev–Trinajstić information content (AvgIpc) is 2.78. The highest BCUT2D eigenvalue weighted by Crippen LogP contribution is 2.68. The summed E-state index contributed by atoms with van der Waals surface area (Å²) in [5.74, 6) is -0.109. The van der Waals surface area contributed by atoms with E-state index in [1.807, 2.05) is 0 Å². The Morgan fingerprint density at radius 2 is 1.79 bits per heavy atom. The summed E-state index contributed by atoms with van der Waals surface area (Å²) >= 11 is 2.94. The van der Waals surface area contributed by atoms with E-state index in [9.17, 15) is 33.6 Å². The number of nitrogens with two attached hydrogens (primary N) is 1. The minimum absolute atomic E-state index is 0.109. The number of anilines is 1. The van der Waals surface area contributed by atoms with Crippen LogP contribution in [0.2, 0.25) is 0 Å². The molecule has 1 aliphatic rings. The first-order valence-corrected chi connectivity index (χ1v) is 13.0. The van der Waals surface area contributed by atoms with E-state index < -0.39 is 59.3 Å². The molecule has 7 N–H and O–H groups in total. The predicted octanol–water partition coefficient (Wildman–Crippen LogP) is -1.27. The van der Waals surface area contributed by atoms with Crippen LogP contribution >= 0.6 is 34.7 Å². The van der Waals surface area contributed by atoms with Gasteiger partial charge in [0.1, 0.15) is 24.1 Å². The number of aliphatic hydroxyl groups is 2. The predicted molar refractivity (Wildman–Crippen MR) is 95.4 cm³/mol. The Hall–Kier alpha value is -0.640. The van der Waals surface area contributed by atoms with Crippen LogP contribution < -0.4 is 11.4 Å². The van der Waals surface area contributed by atoms with Crippen LogP contribution in [-0.4, -0.2) is 59.4 Å². The number of rotatable bonds is 8. The lowest BCUT2D eigenvalue weighted by Gasteiger charge is -2.19. The Morgan fingerprint density at radius 3 is 2.34 bits per heavy atom. The minimum atomic E-state index is -5.54. The minimum Gasteiger partial charge on any atom is -0.387 e. The topological polar surface area (TPSA) is 250 Å². The van der Waals surface area contributed by atoms with Crippen molar-refractivity contribution >= 4 is 40.5 Å². The molecular formula is C9H16N3O13P3S. The number of hydrogen-bond acceptors (Lipinski definition) is 12. The van der Waals surface area contributed by atoms with Gasteiger partial charge in [0, 0.05) is 6.20 Å². The number of phosphoric acid groups is 2. The van der Waals surface area contributed by atoms with E-state index in [1.54, 1.807) is 0 Å². The highest BCUT2D eigenvalue weighted by molar-refractivity contribution is 8.44. The molecule has 20 heteroatoms. The fourth-order valence-corrected chi connectivity index (χ4v) is 6.05. The highest BCUT2D eigenvalue weighted by Gasteiger charge is 2.46. The van der Waals surface area contributed by atoms with E-state index in [4.69, 9.17) is 20.3 Å². The molecule has 1 aromatic rings. The van der Waals surface area contributed by atoms with Crippen LogP contribution in [0.15, 0.2) is 17.1 Å². The van der Waals surface area contributed by atoms with E-state index >= 15 is 0 Å². The van der Waals surface area contributed by atoms with Gasteiger partial charge in [0.15, 0.2) is 6.23 Å². The second kappa shape index (κ2) is 8.85. The lowest BCUT2D eigenvalue weighted by Crippen LogP contribution is -2.36. The maximum absolute atomic E-state index is 11.8. The second-order valence-electron chi connectivity index (χ2n) is 5.48. The summed E-state index contributed by atoms with van der Waals surface area (Å²) in [5.41, 5.74) is 4.42. The number of nitrogens with zero attached hydrogens (tertiary/aromatic N) is 2. The van der Waals surface area contributed by atoms with Crippen molar-refractivity contribution in [2.75, 3.05) is 12.3 Å². The van der Waals surface area contributed by atoms with E-state index in [2.05, 4.69) is 30.4 Å². The van der Waals surface area contributed by atoms with Gasteiger partial charge in [0.25, 0.3) is 0 Å². The Bertz CT molecular complexity index is 951. The van der Waals surface area contributed by atoms with Crippen LogP contribution in [0.3, 0.4) is 0 Å². The average molecular weight is 499 g/mol. The molecular weight excluding hydrogens is 483 g/mol. The molecule has 166 valence electrons. The van der Waals surface area contributed by atoms with Crippen molar-refractivity contribution in [1.29, 1.82) is 0 Å². The number of phosphoric ester groups is 1. The molecule has 5 unspecified atom stereocenters. The first kappa shape index (κ1) is 24.6. The Balaban J connectivity index is 2.05. The maximum Gasteiger partial charge on any atom is 0.488 e. The summed E-state index contributed by atoms with van der Waals surface area (Å²) in [7, 11) is -10.9. The second-order valence-corrected chi connectivity index (χ2v) is 11.4. The molecule has 0 aliphatic carbocycles. The number of thiol groups is 1. The number of hydrogen-bond donors (Lipinski definition) is 7. The molecule has 0 spiro atoms. The zero-order valence-corrected chi connectivity index (χ0v) is 17.5. The molecule has 0 aromatic carbocycles. The molecule has 0 radical (unpaired) electrons. The summed E-state index contributed by atoms with van der Waals surface area (Å²) in [6.45, 7) is -5.83. The fraction of sp³-hybridized carbons (Fsp3) is 0.556. The van der Waals surface area contributed by atoms with Gasteiger partial charge in [-0.2, -0.15) is 13.6 Å². The lowest BCUT2D eigenvalue weighted by atomic mass is 10.1. The van der Waals surface area contributed by atoms with E-state index in [-0.39, 0.29) is 5.82 Å². The van der Waals surface area contributed by atoms with Gasteiger partial charge in [-0.1, -0.05) is 12.2 Å². The third-order valence-electron chi connectivity index (χ3n) is 3.28. The zero-order chi connectivity index (χ0) is 22.2. The Labute approximate surface area is 166 Å². The monoisotopic (exact) mass is 499 g/mol. The van der Waals surface area contributed by atoms with Gasteiger partial charge < -0.3 is 35.4 Å². The van der Waals surface area contributed by atoms with Gasteiger partial charge in [0.2, 0.25) is 0 Å². The summed E-state index contributed by atoms with van der Waals surface area (Å²) in [4.78, 5) is 42.6. The summed E-state index contributed by atoms with van der Waals surface area (Å²) in [6, 6.07) is 1.21. The molecule has 1 fully saturated rings. The van der Waals surface area contributed by atoms with Crippen LogP contribution in [0.5, 0.6) is 0 Å². The maximum atomic E-state index is 11.8. The van der Waals surface area contributed by atoms with Crippen molar-refractivity contribution < 1.29 is 56.5 Å². The van der Waals surface area contributed by atoms with Crippen molar-refractivity contribution in [3.63, 3.8) is 0 Å². The molecule has 1 aliphatic heterocycles. The van der Waals surface area contributed by atoms with E-state index in [1.165, 1.54) is 6.07 Å². The van der Waals surface area contributed by atoms with Gasteiger partial charge in [-0.25, -0.2) is 18.5 Å². The zero-order valence-electron chi connectivity index (χ0n) is 13.9. The fourth-order valence-electron chi connectivity index (χ4n) is 2.19. The molecule has 16 nitrogen and oxygen atoms in total.